The first-order valence-electron chi connectivity index (χ1n) is 5.84. The number of rotatable bonds is 4. The molecular formula is C13H19FN2. The second kappa shape index (κ2) is 4.52. The monoisotopic (exact) mass is 222 g/mol. The summed E-state index contributed by atoms with van der Waals surface area (Å²) in [6.07, 6.45) is 3.49. The molecule has 1 atom stereocenters. The van der Waals surface area contributed by atoms with Gasteiger partial charge in [0.2, 0.25) is 0 Å². The Morgan fingerprint density at radius 2 is 2.25 bits per heavy atom. The molecule has 2 nitrogen and oxygen atoms in total. The smallest absolute Gasteiger partial charge is 0.123 e. The fourth-order valence-electron chi connectivity index (χ4n) is 2.63. The Kier molecular flexibility index (Phi) is 3.26. The van der Waals surface area contributed by atoms with Crippen molar-refractivity contribution in [2.75, 3.05) is 13.6 Å². The molecular weight excluding hydrogens is 203 g/mol. The van der Waals surface area contributed by atoms with Crippen LogP contribution in [0, 0.1) is 11.2 Å². The lowest BCUT2D eigenvalue weighted by Gasteiger charge is -2.46. The van der Waals surface area contributed by atoms with E-state index in [2.05, 4.69) is 5.32 Å². The van der Waals surface area contributed by atoms with Crippen molar-refractivity contribution in [2.45, 2.75) is 25.3 Å². The van der Waals surface area contributed by atoms with E-state index < -0.39 is 0 Å². The average Bonchev–Trinajstić information content (AvgIpc) is 2.22. The fraction of sp³-hybridized carbons (Fsp3) is 0.538. The van der Waals surface area contributed by atoms with Crippen LogP contribution in [0.15, 0.2) is 24.3 Å². The van der Waals surface area contributed by atoms with E-state index in [0.29, 0.717) is 0 Å². The molecule has 3 N–H and O–H groups in total. The second-order valence-electron chi connectivity index (χ2n) is 4.78. The van der Waals surface area contributed by atoms with Crippen LogP contribution in [0.2, 0.25) is 0 Å². The molecule has 0 saturated heterocycles. The summed E-state index contributed by atoms with van der Waals surface area (Å²) >= 11 is 0. The van der Waals surface area contributed by atoms with Crippen LogP contribution in [0.1, 0.15) is 30.9 Å². The van der Waals surface area contributed by atoms with Gasteiger partial charge in [-0.3, -0.25) is 0 Å². The summed E-state index contributed by atoms with van der Waals surface area (Å²) in [5.41, 5.74) is 7.32. The first kappa shape index (κ1) is 11.6. The number of nitrogens with one attached hydrogen (secondary N) is 1. The van der Waals surface area contributed by atoms with E-state index in [-0.39, 0.29) is 17.3 Å². The van der Waals surface area contributed by atoms with Crippen LogP contribution in [0.4, 0.5) is 4.39 Å². The minimum absolute atomic E-state index is 0.0654. The topological polar surface area (TPSA) is 38.0 Å². The van der Waals surface area contributed by atoms with Gasteiger partial charge in [0.25, 0.3) is 0 Å². The molecule has 3 heteroatoms. The van der Waals surface area contributed by atoms with Gasteiger partial charge in [-0.15, -0.1) is 0 Å². The highest BCUT2D eigenvalue weighted by Crippen LogP contribution is 2.48. The summed E-state index contributed by atoms with van der Waals surface area (Å²) in [4.78, 5) is 0. The Morgan fingerprint density at radius 3 is 2.75 bits per heavy atom. The lowest BCUT2D eigenvalue weighted by Crippen LogP contribution is -2.46. The predicted molar refractivity (Wildman–Crippen MR) is 63.5 cm³/mol. The number of hydrogen-bond donors (Lipinski definition) is 2. The third-order valence-electron chi connectivity index (χ3n) is 3.75. The molecule has 88 valence electrons. The zero-order chi connectivity index (χ0) is 11.6. The van der Waals surface area contributed by atoms with Crippen LogP contribution in [0.3, 0.4) is 0 Å². The van der Waals surface area contributed by atoms with Gasteiger partial charge in [-0.2, -0.15) is 0 Å². The summed E-state index contributed by atoms with van der Waals surface area (Å²) in [5.74, 6) is -0.202. The number of hydrogen-bond acceptors (Lipinski definition) is 2. The van der Waals surface area contributed by atoms with E-state index in [9.17, 15) is 4.39 Å². The summed E-state index contributed by atoms with van der Waals surface area (Å²) in [6.45, 7) is 0.907. The predicted octanol–water partition coefficient (Wildman–Crippen LogP) is 2.22. The van der Waals surface area contributed by atoms with Gasteiger partial charge in [-0.25, -0.2) is 4.39 Å². The fourth-order valence-corrected chi connectivity index (χ4v) is 2.63. The molecule has 0 bridgehead atoms. The summed E-state index contributed by atoms with van der Waals surface area (Å²) in [7, 11) is 1.94. The molecule has 1 unspecified atom stereocenters. The maximum absolute atomic E-state index is 13.2. The van der Waals surface area contributed by atoms with Crippen molar-refractivity contribution in [3.63, 3.8) is 0 Å². The quantitative estimate of drug-likeness (QED) is 0.819. The molecule has 0 spiro atoms. The molecule has 0 radical (unpaired) electrons. The number of benzene rings is 1. The number of halogens is 1. The molecule has 1 aliphatic carbocycles. The van der Waals surface area contributed by atoms with Gasteiger partial charge in [0, 0.05) is 18.0 Å². The van der Waals surface area contributed by atoms with Crippen molar-refractivity contribution < 1.29 is 4.39 Å². The van der Waals surface area contributed by atoms with Crippen molar-refractivity contribution in [3.05, 3.63) is 35.6 Å². The zero-order valence-electron chi connectivity index (χ0n) is 9.67. The van der Waals surface area contributed by atoms with Crippen LogP contribution >= 0.6 is 0 Å². The third-order valence-corrected chi connectivity index (χ3v) is 3.75. The molecule has 1 aromatic carbocycles. The van der Waals surface area contributed by atoms with Crippen LogP contribution in [-0.2, 0) is 0 Å². The highest BCUT2D eigenvalue weighted by atomic mass is 19.1. The molecule has 1 aromatic rings. The minimum atomic E-state index is -0.202. The highest BCUT2D eigenvalue weighted by molar-refractivity contribution is 5.23. The zero-order valence-corrected chi connectivity index (χ0v) is 9.67. The standard InChI is InChI=1S/C13H19FN2/c1-16-9-13(6-3-7-13)12(15)10-4-2-5-11(14)8-10/h2,4-5,8,12,16H,3,6-7,9,15H2,1H3. The van der Waals surface area contributed by atoms with E-state index in [0.717, 1.165) is 24.9 Å². The van der Waals surface area contributed by atoms with Gasteiger partial charge in [-0.05, 0) is 37.6 Å². The molecule has 2 rings (SSSR count). The van der Waals surface area contributed by atoms with Gasteiger partial charge in [0.05, 0.1) is 0 Å². The van der Waals surface area contributed by atoms with E-state index in [4.69, 9.17) is 5.73 Å². The molecule has 1 aliphatic rings. The van der Waals surface area contributed by atoms with E-state index in [1.165, 1.54) is 12.5 Å². The molecule has 1 saturated carbocycles. The van der Waals surface area contributed by atoms with E-state index in [1.54, 1.807) is 12.1 Å². The van der Waals surface area contributed by atoms with E-state index >= 15 is 0 Å². The molecule has 0 heterocycles. The Bertz CT molecular complexity index is 361. The van der Waals surface area contributed by atoms with Gasteiger partial charge < -0.3 is 11.1 Å². The number of nitrogens with two attached hydrogens (primary N) is 1. The van der Waals surface area contributed by atoms with Crippen LogP contribution in [0.25, 0.3) is 0 Å². The lowest BCUT2D eigenvalue weighted by atomic mass is 9.62. The molecule has 0 amide bonds. The maximum atomic E-state index is 13.2. The van der Waals surface area contributed by atoms with Gasteiger partial charge in [-0.1, -0.05) is 18.6 Å². The Labute approximate surface area is 96.0 Å². The highest BCUT2D eigenvalue weighted by Gasteiger charge is 2.42. The SMILES string of the molecule is CNCC1(C(N)c2cccc(F)c2)CCC1. The largest absolute Gasteiger partial charge is 0.323 e. The van der Waals surface area contributed by atoms with Crippen molar-refractivity contribution in [2.24, 2.45) is 11.1 Å². The summed E-state index contributed by atoms with van der Waals surface area (Å²) < 4.78 is 13.2. The van der Waals surface area contributed by atoms with Crippen molar-refractivity contribution in [3.8, 4) is 0 Å². The lowest BCUT2D eigenvalue weighted by molar-refractivity contribution is 0.0946. The van der Waals surface area contributed by atoms with Crippen molar-refractivity contribution >= 4 is 0 Å². The van der Waals surface area contributed by atoms with Gasteiger partial charge >= 0.3 is 0 Å². The van der Waals surface area contributed by atoms with Gasteiger partial charge in [0.1, 0.15) is 5.82 Å². The molecule has 0 aromatic heterocycles. The third kappa shape index (κ3) is 1.97. The normalized spacial score (nSPS) is 20.2. The average molecular weight is 222 g/mol. The Morgan fingerprint density at radius 1 is 1.50 bits per heavy atom. The van der Waals surface area contributed by atoms with Crippen LogP contribution < -0.4 is 11.1 Å². The van der Waals surface area contributed by atoms with Crippen molar-refractivity contribution in [1.82, 2.24) is 5.32 Å². The van der Waals surface area contributed by atoms with Crippen molar-refractivity contribution in [1.29, 1.82) is 0 Å². The maximum Gasteiger partial charge on any atom is 0.123 e. The second-order valence-corrected chi connectivity index (χ2v) is 4.78. The first-order chi connectivity index (χ1) is 7.68. The Hall–Kier alpha value is -0.930. The summed E-state index contributed by atoms with van der Waals surface area (Å²) in [6, 6.07) is 6.60. The van der Waals surface area contributed by atoms with Crippen LogP contribution in [-0.4, -0.2) is 13.6 Å². The minimum Gasteiger partial charge on any atom is -0.323 e. The first-order valence-corrected chi connectivity index (χ1v) is 5.84. The van der Waals surface area contributed by atoms with E-state index in [1.807, 2.05) is 13.1 Å². The molecule has 0 aliphatic heterocycles. The molecule has 1 fully saturated rings. The van der Waals surface area contributed by atoms with Gasteiger partial charge in [0.15, 0.2) is 0 Å². The van der Waals surface area contributed by atoms with Crippen LogP contribution in [0.5, 0.6) is 0 Å². The molecule has 16 heavy (non-hydrogen) atoms. The summed E-state index contributed by atoms with van der Waals surface area (Å²) in [5, 5.41) is 3.20. The Balaban J connectivity index is 2.20.